The normalized spacial score (nSPS) is 18.0. The highest BCUT2D eigenvalue weighted by Crippen LogP contribution is 2.24. The summed E-state index contributed by atoms with van der Waals surface area (Å²) in [7, 11) is 0. The van der Waals surface area contributed by atoms with Crippen LogP contribution in [0.3, 0.4) is 0 Å². The van der Waals surface area contributed by atoms with Crippen LogP contribution in [0.4, 0.5) is 0 Å². The molecule has 0 aromatic heterocycles. The summed E-state index contributed by atoms with van der Waals surface area (Å²) in [5, 5.41) is 3.51. The molecule has 1 aliphatic heterocycles. The van der Waals surface area contributed by atoms with E-state index >= 15 is 0 Å². The number of rotatable bonds is 6. The van der Waals surface area contributed by atoms with Gasteiger partial charge in [0.1, 0.15) is 5.75 Å². The molecule has 0 atom stereocenters. The van der Waals surface area contributed by atoms with Crippen LogP contribution in [0, 0.1) is 6.92 Å². The molecule has 1 aliphatic carbocycles. The fourth-order valence-electron chi connectivity index (χ4n) is 2.73. The number of nitrogens with one attached hydrogen (secondary N) is 1. The van der Waals surface area contributed by atoms with Crippen LogP contribution < -0.4 is 10.1 Å². The van der Waals surface area contributed by atoms with Gasteiger partial charge in [0, 0.05) is 31.2 Å². The molecule has 1 N–H and O–H groups in total. The maximum atomic E-state index is 12.1. The number of hydrogen-bond donors (Lipinski definition) is 1. The first-order valence-corrected chi connectivity index (χ1v) is 7.96. The minimum Gasteiger partial charge on any atom is -0.483 e. The topological polar surface area (TPSA) is 41.6 Å². The molecule has 2 aliphatic rings. The summed E-state index contributed by atoms with van der Waals surface area (Å²) in [6.45, 7) is 4.82. The van der Waals surface area contributed by atoms with E-state index < -0.39 is 0 Å². The second-order valence-electron chi connectivity index (χ2n) is 6.14. The molecule has 1 heterocycles. The van der Waals surface area contributed by atoms with Gasteiger partial charge in [-0.15, -0.1) is 0 Å². The fraction of sp³-hybridized carbons (Fsp3) is 0.588. The van der Waals surface area contributed by atoms with Crippen molar-refractivity contribution in [1.29, 1.82) is 0 Å². The minimum atomic E-state index is 0.106. The zero-order valence-corrected chi connectivity index (χ0v) is 12.7. The molecule has 1 aromatic carbocycles. The number of carbonyl (C=O) groups is 1. The number of amides is 1. The highest BCUT2D eigenvalue weighted by Gasteiger charge is 2.21. The van der Waals surface area contributed by atoms with Crippen LogP contribution in [-0.4, -0.2) is 36.5 Å². The van der Waals surface area contributed by atoms with Gasteiger partial charge < -0.3 is 15.0 Å². The van der Waals surface area contributed by atoms with Crippen LogP contribution in [0.2, 0.25) is 0 Å². The molecule has 1 amide bonds. The van der Waals surface area contributed by atoms with E-state index in [9.17, 15) is 4.79 Å². The maximum Gasteiger partial charge on any atom is 0.260 e. The first-order chi connectivity index (χ1) is 10.2. The van der Waals surface area contributed by atoms with Crippen molar-refractivity contribution in [3.63, 3.8) is 0 Å². The Morgan fingerprint density at radius 3 is 2.81 bits per heavy atom. The van der Waals surface area contributed by atoms with Crippen LogP contribution in [-0.2, 0) is 11.3 Å². The summed E-state index contributed by atoms with van der Waals surface area (Å²) < 4.78 is 5.79. The molecule has 0 radical (unpaired) electrons. The van der Waals surface area contributed by atoms with Gasteiger partial charge in [-0.1, -0.05) is 17.7 Å². The zero-order chi connectivity index (χ0) is 14.7. The summed E-state index contributed by atoms with van der Waals surface area (Å²) >= 11 is 0. The molecule has 0 spiro atoms. The Labute approximate surface area is 126 Å². The zero-order valence-electron chi connectivity index (χ0n) is 12.7. The third-order valence-corrected chi connectivity index (χ3v) is 4.18. The average Bonchev–Trinajstić information content (AvgIpc) is 3.15. The lowest BCUT2D eigenvalue weighted by atomic mass is 10.1. The molecule has 4 nitrogen and oxygen atoms in total. The van der Waals surface area contributed by atoms with Crippen molar-refractivity contribution >= 4 is 5.91 Å². The van der Waals surface area contributed by atoms with Crippen LogP contribution in [0.15, 0.2) is 18.2 Å². The Hall–Kier alpha value is -1.55. The van der Waals surface area contributed by atoms with E-state index in [1.54, 1.807) is 0 Å². The number of benzene rings is 1. The number of ether oxygens (including phenoxy) is 1. The highest BCUT2D eigenvalue weighted by molar-refractivity contribution is 5.78. The molecule has 1 saturated heterocycles. The van der Waals surface area contributed by atoms with Crippen molar-refractivity contribution in [2.75, 3.05) is 19.7 Å². The van der Waals surface area contributed by atoms with Crippen LogP contribution in [0.1, 0.15) is 36.8 Å². The van der Waals surface area contributed by atoms with Gasteiger partial charge in [-0.25, -0.2) is 0 Å². The van der Waals surface area contributed by atoms with Crippen molar-refractivity contribution in [1.82, 2.24) is 10.2 Å². The third kappa shape index (κ3) is 3.97. The molecule has 0 bridgehead atoms. The summed E-state index contributed by atoms with van der Waals surface area (Å²) in [6.07, 6.45) is 4.78. The van der Waals surface area contributed by atoms with Crippen molar-refractivity contribution in [2.24, 2.45) is 0 Å². The summed E-state index contributed by atoms with van der Waals surface area (Å²) in [6, 6.07) is 6.84. The molecule has 21 heavy (non-hydrogen) atoms. The Kier molecular flexibility index (Phi) is 4.44. The molecule has 2 fully saturated rings. The molecule has 1 saturated carbocycles. The molecule has 4 heteroatoms. The highest BCUT2D eigenvalue weighted by atomic mass is 16.5. The van der Waals surface area contributed by atoms with E-state index in [0.29, 0.717) is 6.04 Å². The summed E-state index contributed by atoms with van der Waals surface area (Å²) in [5.74, 6) is 0.940. The maximum absolute atomic E-state index is 12.1. The Balaban J connectivity index is 1.58. The molecular formula is C17H24N2O2. The van der Waals surface area contributed by atoms with Gasteiger partial charge in [0.15, 0.2) is 6.61 Å². The number of hydrogen-bond acceptors (Lipinski definition) is 3. The van der Waals surface area contributed by atoms with Crippen molar-refractivity contribution in [3.05, 3.63) is 29.3 Å². The van der Waals surface area contributed by atoms with Crippen molar-refractivity contribution < 1.29 is 9.53 Å². The lowest BCUT2D eigenvalue weighted by Crippen LogP contribution is -2.32. The van der Waals surface area contributed by atoms with Crippen molar-refractivity contribution in [2.45, 2.75) is 45.2 Å². The summed E-state index contributed by atoms with van der Waals surface area (Å²) in [5.41, 5.74) is 2.37. The number of aryl methyl sites for hydroxylation is 1. The first kappa shape index (κ1) is 14.4. The number of likely N-dealkylation sites (tertiary alicyclic amines) is 1. The van der Waals surface area contributed by atoms with Crippen LogP contribution >= 0.6 is 0 Å². The Bertz CT molecular complexity index is 506. The Morgan fingerprint density at radius 1 is 1.33 bits per heavy atom. The smallest absolute Gasteiger partial charge is 0.260 e. The molecule has 0 unspecified atom stereocenters. The quantitative estimate of drug-likeness (QED) is 0.873. The Morgan fingerprint density at radius 2 is 2.10 bits per heavy atom. The fourth-order valence-corrected chi connectivity index (χ4v) is 2.73. The lowest BCUT2D eigenvalue weighted by molar-refractivity contribution is -0.132. The molecule has 114 valence electrons. The van der Waals surface area contributed by atoms with Gasteiger partial charge in [0.05, 0.1) is 0 Å². The van der Waals surface area contributed by atoms with E-state index in [4.69, 9.17) is 4.74 Å². The lowest BCUT2D eigenvalue weighted by Gasteiger charge is -2.17. The van der Waals surface area contributed by atoms with E-state index in [-0.39, 0.29) is 12.5 Å². The van der Waals surface area contributed by atoms with Gasteiger partial charge in [0.2, 0.25) is 0 Å². The van der Waals surface area contributed by atoms with Crippen molar-refractivity contribution in [3.8, 4) is 5.75 Å². The molecular weight excluding hydrogens is 264 g/mol. The van der Waals surface area contributed by atoms with E-state index in [1.807, 2.05) is 17.0 Å². The monoisotopic (exact) mass is 288 g/mol. The van der Waals surface area contributed by atoms with Crippen LogP contribution in [0.25, 0.3) is 0 Å². The van der Waals surface area contributed by atoms with Gasteiger partial charge in [0.25, 0.3) is 5.91 Å². The van der Waals surface area contributed by atoms with Gasteiger partial charge in [-0.2, -0.15) is 0 Å². The van der Waals surface area contributed by atoms with E-state index in [0.717, 1.165) is 43.8 Å². The SMILES string of the molecule is Cc1ccc(OCC(=O)N2CCCC2)c(CNC2CC2)c1. The van der Waals surface area contributed by atoms with Gasteiger partial charge in [-0.3, -0.25) is 4.79 Å². The average molecular weight is 288 g/mol. The molecule has 3 rings (SSSR count). The first-order valence-electron chi connectivity index (χ1n) is 7.96. The van der Waals surface area contributed by atoms with Gasteiger partial charge >= 0.3 is 0 Å². The third-order valence-electron chi connectivity index (χ3n) is 4.18. The minimum absolute atomic E-state index is 0.106. The second-order valence-corrected chi connectivity index (χ2v) is 6.14. The largest absolute Gasteiger partial charge is 0.483 e. The van der Waals surface area contributed by atoms with Gasteiger partial charge in [-0.05, 0) is 38.7 Å². The van der Waals surface area contributed by atoms with E-state index in [1.165, 1.54) is 18.4 Å². The van der Waals surface area contributed by atoms with Crippen LogP contribution in [0.5, 0.6) is 5.75 Å². The number of nitrogens with zero attached hydrogens (tertiary/aromatic N) is 1. The predicted molar refractivity (Wildman–Crippen MR) is 82.3 cm³/mol. The van der Waals surface area contributed by atoms with E-state index in [2.05, 4.69) is 18.3 Å². The second kappa shape index (κ2) is 6.48. The standard InChI is InChI=1S/C17H24N2O2/c1-13-4-7-16(14(10-13)11-18-15-5-6-15)21-12-17(20)19-8-2-3-9-19/h4,7,10,15,18H,2-3,5-6,8-9,11-12H2,1H3. The molecule has 1 aromatic rings. The number of carbonyl (C=O) groups excluding carboxylic acids is 1. The summed E-state index contributed by atoms with van der Waals surface area (Å²) in [4.78, 5) is 14.0. The predicted octanol–water partition coefficient (Wildman–Crippen LogP) is 2.25.